The van der Waals surface area contributed by atoms with Gasteiger partial charge in [-0.25, -0.2) is 0 Å². The fourth-order valence-corrected chi connectivity index (χ4v) is 2.65. The molecule has 1 aliphatic heterocycles. The van der Waals surface area contributed by atoms with Crippen molar-refractivity contribution in [3.05, 3.63) is 29.8 Å². The number of hydrogen-bond donors (Lipinski definition) is 1. The molecular weight excluding hydrogens is 252 g/mol. The molecule has 1 heterocycles. The molecule has 0 radical (unpaired) electrons. The Bertz CT molecular complexity index is 405. The highest BCUT2D eigenvalue weighted by molar-refractivity contribution is 5.30. The molecule has 1 fully saturated rings. The van der Waals surface area contributed by atoms with E-state index in [-0.39, 0.29) is 6.10 Å². The van der Waals surface area contributed by atoms with Crippen LogP contribution < -0.4 is 10.1 Å². The van der Waals surface area contributed by atoms with E-state index >= 15 is 0 Å². The van der Waals surface area contributed by atoms with E-state index < -0.39 is 0 Å². The molecule has 1 aromatic rings. The number of methoxy groups -OCH3 is 1. The summed E-state index contributed by atoms with van der Waals surface area (Å²) in [6.45, 7) is 6.96. The lowest BCUT2D eigenvalue weighted by molar-refractivity contribution is -0.0620. The monoisotopic (exact) mass is 278 g/mol. The number of nitrogens with one attached hydrogen (secondary N) is 1. The molecule has 0 bridgehead atoms. The minimum absolute atomic E-state index is 0.185. The normalized spacial score (nSPS) is 24.1. The Hall–Kier alpha value is -1.10. The maximum Gasteiger partial charge on any atom is 0.118 e. The Morgan fingerprint density at radius 2 is 2.05 bits per heavy atom. The predicted molar refractivity (Wildman–Crippen MR) is 81.2 cm³/mol. The summed E-state index contributed by atoms with van der Waals surface area (Å²) in [7, 11) is 3.86. The number of likely N-dealkylation sites (N-methyl/N-ethyl adjacent to an activating group) is 1. The highest BCUT2D eigenvalue weighted by Crippen LogP contribution is 2.29. The van der Waals surface area contributed by atoms with Gasteiger partial charge in [0, 0.05) is 19.1 Å². The summed E-state index contributed by atoms with van der Waals surface area (Å²) >= 11 is 0. The Morgan fingerprint density at radius 1 is 1.35 bits per heavy atom. The molecule has 2 rings (SSSR count). The first-order valence-electron chi connectivity index (χ1n) is 7.31. The summed E-state index contributed by atoms with van der Waals surface area (Å²) in [6, 6.07) is 9.08. The lowest BCUT2D eigenvalue weighted by Crippen LogP contribution is -2.48. The van der Waals surface area contributed by atoms with E-state index in [9.17, 15) is 0 Å². The second-order valence-corrected chi connectivity index (χ2v) is 5.67. The minimum atomic E-state index is 0.185. The van der Waals surface area contributed by atoms with Crippen LogP contribution in [-0.4, -0.2) is 50.9 Å². The molecule has 112 valence electrons. The van der Waals surface area contributed by atoms with E-state index in [1.54, 1.807) is 7.11 Å². The second kappa shape index (κ2) is 7.07. The van der Waals surface area contributed by atoms with Crippen molar-refractivity contribution >= 4 is 0 Å². The van der Waals surface area contributed by atoms with Crippen molar-refractivity contribution < 1.29 is 9.47 Å². The van der Waals surface area contributed by atoms with Gasteiger partial charge in [0.2, 0.25) is 0 Å². The summed E-state index contributed by atoms with van der Waals surface area (Å²) in [4.78, 5) is 2.37. The van der Waals surface area contributed by atoms with Gasteiger partial charge in [0.15, 0.2) is 0 Å². The maximum atomic E-state index is 5.99. The first-order valence-corrected chi connectivity index (χ1v) is 7.31. The zero-order valence-electron chi connectivity index (χ0n) is 12.9. The van der Waals surface area contributed by atoms with Crippen molar-refractivity contribution in [1.29, 1.82) is 0 Å². The molecule has 0 aromatic heterocycles. The third-order valence-corrected chi connectivity index (χ3v) is 3.79. The molecule has 1 aromatic carbocycles. The van der Waals surface area contributed by atoms with Crippen molar-refractivity contribution in [1.82, 2.24) is 10.2 Å². The van der Waals surface area contributed by atoms with Gasteiger partial charge >= 0.3 is 0 Å². The minimum Gasteiger partial charge on any atom is -0.497 e. The summed E-state index contributed by atoms with van der Waals surface area (Å²) in [5, 5.41) is 3.48. The Labute approximate surface area is 122 Å². The molecule has 0 spiro atoms. The third kappa shape index (κ3) is 3.72. The van der Waals surface area contributed by atoms with E-state index in [0.29, 0.717) is 12.1 Å². The SMILES string of the molecule is COc1ccc(C2C(CNC(C)C)OCCN2C)cc1. The molecule has 2 atom stereocenters. The van der Waals surface area contributed by atoms with Crippen LogP contribution in [0.1, 0.15) is 25.5 Å². The van der Waals surface area contributed by atoms with Crippen LogP contribution in [-0.2, 0) is 4.74 Å². The summed E-state index contributed by atoms with van der Waals surface area (Å²) in [5.41, 5.74) is 1.28. The van der Waals surface area contributed by atoms with Gasteiger partial charge in [-0.05, 0) is 24.7 Å². The van der Waals surface area contributed by atoms with Gasteiger partial charge in [0.05, 0.1) is 25.9 Å². The molecule has 4 heteroatoms. The van der Waals surface area contributed by atoms with Crippen LogP contribution in [0.4, 0.5) is 0 Å². The second-order valence-electron chi connectivity index (χ2n) is 5.67. The van der Waals surface area contributed by atoms with Crippen molar-refractivity contribution in [2.24, 2.45) is 0 Å². The smallest absolute Gasteiger partial charge is 0.118 e. The first-order chi connectivity index (χ1) is 9.61. The molecular formula is C16H26N2O2. The molecule has 0 saturated carbocycles. The molecule has 20 heavy (non-hydrogen) atoms. The van der Waals surface area contributed by atoms with Gasteiger partial charge in [-0.2, -0.15) is 0 Å². The van der Waals surface area contributed by atoms with Gasteiger partial charge < -0.3 is 14.8 Å². The molecule has 0 aliphatic carbocycles. The maximum absolute atomic E-state index is 5.99. The van der Waals surface area contributed by atoms with Gasteiger partial charge in [-0.3, -0.25) is 4.90 Å². The molecule has 0 amide bonds. The quantitative estimate of drug-likeness (QED) is 0.894. The van der Waals surface area contributed by atoms with Gasteiger partial charge in [0.25, 0.3) is 0 Å². The Balaban J connectivity index is 2.13. The summed E-state index contributed by atoms with van der Waals surface area (Å²) in [5.74, 6) is 0.894. The number of benzene rings is 1. The van der Waals surface area contributed by atoms with E-state index in [2.05, 4.69) is 43.2 Å². The first kappa shape index (κ1) is 15.3. The van der Waals surface area contributed by atoms with Crippen molar-refractivity contribution in [2.45, 2.75) is 32.0 Å². The topological polar surface area (TPSA) is 33.7 Å². The average molecular weight is 278 g/mol. The van der Waals surface area contributed by atoms with Crippen LogP contribution in [0.5, 0.6) is 5.75 Å². The lowest BCUT2D eigenvalue weighted by atomic mass is 9.98. The number of hydrogen-bond acceptors (Lipinski definition) is 4. The van der Waals surface area contributed by atoms with Crippen LogP contribution >= 0.6 is 0 Å². The fourth-order valence-electron chi connectivity index (χ4n) is 2.65. The van der Waals surface area contributed by atoms with Crippen molar-refractivity contribution in [3.8, 4) is 5.75 Å². The third-order valence-electron chi connectivity index (χ3n) is 3.79. The largest absolute Gasteiger partial charge is 0.497 e. The van der Waals surface area contributed by atoms with Crippen LogP contribution in [0.3, 0.4) is 0 Å². The van der Waals surface area contributed by atoms with Crippen LogP contribution in [0.2, 0.25) is 0 Å². The van der Waals surface area contributed by atoms with E-state index in [0.717, 1.165) is 25.4 Å². The van der Waals surface area contributed by atoms with Crippen LogP contribution in [0.15, 0.2) is 24.3 Å². The Kier molecular flexibility index (Phi) is 5.40. The van der Waals surface area contributed by atoms with Crippen molar-refractivity contribution in [2.75, 3.05) is 33.9 Å². The molecule has 1 aliphatic rings. The van der Waals surface area contributed by atoms with Crippen LogP contribution in [0, 0.1) is 0 Å². The highest BCUT2D eigenvalue weighted by atomic mass is 16.5. The number of ether oxygens (including phenoxy) is 2. The van der Waals surface area contributed by atoms with Gasteiger partial charge in [-0.1, -0.05) is 26.0 Å². The molecule has 2 unspecified atom stereocenters. The average Bonchev–Trinajstić information content (AvgIpc) is 2.45. The van der Waals surface area contributed by atoms with Crippen molar-refractivity contribution in [3.63, 3.8) is 0 Å². The molecule has 1 N–H and O–H groups in total. The molecule has 1 saturated heterocycles. The Morgan fingerprint density at radius 3 is 2.65 bits per heavy atom. The van der Waals surface area contributed by atoms with Gasteiger partial charge in [0.1, 0.15) is 5.75 Å². The van der Waals surface area contributed by atoms with E-state index in [1.807, 2.05) is 12.1 Å². The molecule has 4 nitrogen and oxygen atoms in total. The fraction of sp³-hybridized carbons (Fsp3) is 0.625. The van der Waals surface area contributed by atoms with E-state index in [1.165, 1.54) is 5.56 Å². The number of morpholine rings is 1. The number of nitrogens with zero attached hydrogens (tertiary/aromatic N) is 1. The summed E-state index contributed by atoms with van der Waals surface area (Å²) in [6.07, 6.45) is 0.185. The highest BCUT2D eigenvalue weighted by Gasteiger charge is 2.31. The predicted octanol–water partition coefficient (Wildman–Crippen LogP) is 2.06. The van der Waals surface area contributed by atoms with Crippen LogP contribution in [0.25, 0.3) is 0 Å². The standard InChI is InChI=1S/C16H26N2O2/c1-12(2)17-11-15-16(18(3)9-10-20-15)13-5-7-14(19-4)8-6-13/h5-8,12,15-17H,9-11H2,1-4H3. The van der Waals surface area contributed by atoms with E-state index in [4.69, 9.17) is 9.47 Å². The zero-order chi connectivity index (χ0) is 14.5. The zero-order valence-corrected chi connectivity index (χ0v) is 12.9. The summed E-state index contributed by atoms with van der Waals surface area (Å²) < 4.78 is 11.2. The lowest BCUT2D eigenvalue weighted by Gasteiger charge is -2.40. The number of rotatable bonds is 5. The van der Waals surface area contributed by atoms with Gasteiger partial charge in [-0.15, -0.1) is 0 Å².